The van der Waals surface area contributed by atoms with Crippen molar-refractivity contribution in [1.82, 2.24) is 24.9 Å². The van der Waals surface area contributed by atoms with E-state index in [1.165, 1.54) is 22.3 Å². The first-order valence-electron chi connectivity index (χ1n) is 16.6. The molecule has 0 saturated carbocycles. The first-order valence-corrected chi connectivity index (χ1v) is 16.6. The van der Waals surface area contributed by atoms with E-state index in [0.717, 1.165) is 67.8 Å². The predicted octanol–water partition coefficient (Wildman–Crippen LogP) is 7.94. The molecule has 0 spiro atoms. The Hall–Kier alpha value is -4.43. The summed E-state index contributed by atoms with van der Waals surface area (Å²) in [5.41, 5.74) is 6.77. The SMILES string of the molecule is CCC1c2nc(Cc3ccccc3)c(o2)N(Cc2ccccc2)Cc2cn(nn2)CCCCN1Cc1cc(C(C)C)ccc1OC. The number of ether oxygens (including phenoxy) is 1. The largest absolute Gasteiger partial charge is 0.496 e. The highest BCUT2D eigenvalue weighted by Gasteiger charge is 2.29. The molecule has 1 atom stereocenters. The van der Waals surface area contributed by atoms with Gasteiger partial charge in [0.2, 0.25) is 11.8 Å². The lowest BCUT2D eigenvalue weighted by molar-refractivity contribution is 0.151. The lowest BCUT2D eigenvalue weighted by Gasteiger charge is -2.30. The van der Waals surface area contributed by atoms with E-state index in [1.807, 2.05) is 4.68 Å². The van der Waals surface area contributed by atoms with Crippen LogP contribution in [0, 0.1) is 0 Å². The van der Waals surface area contributed by atoms with Crippen molar-refractivity contribution in [2.75, 3.05) is 18.6 Å². The summed E-state index contributed by atoms with van der Waals surface area (Å²) in [5, 5.41) is 9.06. The van der Waals surface area contributed by atoms with Crippen LogP contribution in [0.5, 0.6) is 5.75 Å². The van der Waals surface area contributed by atoms with Gasteiger partial charge in [0.1, 0.15) is 17.1 Å². The number of anilines is 1. The van der Waals surface area contributed by atoms with Crippen LogP contribution in [-0.4, -0.2) is 38.5 Å². The van der Waals surface area contributed by atoms with Gasteiger partial charge in [0, 0.05) is 31.6 Å². The average Bonchev–Trinajstić information content (AvgIpc) is 3.70. The van der Waals surface area contributed by atoms with Crippen molar-refractivity contribution in [3.63, 3.8) is 0 Å². The summed E-state index contributed by atoms with van der Waals surface area (Å²) >= 11 is 0. The zero-order valence-corrected chi connectivity index (χ0v) is 27.6. The molecule has 240 valence electrons. The lowest BCUT2D eigenvalue weighted by atomic mass is 9.99. The van der Waals surface area contributed by atoms with Crippen LogP contribution in [0.3, 0.4) is 0 Å². The number of oxazole rings is 1. The molecule has 8 nitrogen and oxygen atoms in total. The van der Waals surface area contributed by atoms with Gasteiger partial charge in [-0.25, -0.2) is 4.98 Å². The molecule has 0 amide bonds. The summed E-state index contributed by atoms with van der Waals surface area (Å²) in [6.45, 7) is 10.4. The molecule has 0 aliphatic carbocycles. The Morgan fingerprint density at radius 3 is 2.37 bits per heavy atom. The molecule has 3 aromatic carbocycles. The van der Waals surface area contributed by atoms with E-state index in [2.05, 4.69) is 126 Å². The molecule has 0 fully saturated rings. The molecule has 6 rings (SSSR count). The lowest BCUT2D eigenvalue weighted by Crippen LogP contribution is -2.30. The van der Waals surface area contributed by atoms with E-state index in [1.54, 1.807) is 7.11 Å². The number of aromatic nitrogens is 4. The summed E-state index contributed by atoms with van der Waals surface area (Å²) in [6, 6.07) is 27.7. The fraction of sp³-hybridized carbons (Fsp3) is 0.395. The predicted molar refractivity (Wildman–Crippen MR) is 182 cm³/mol. The van der Waals surface area contributed by atoms with Crippen LogP contribution >= 0.6 is 0 Å². The van der Waals surface area contributed by atoms with Crippen molar-refractivity contribution in [2.24, 2.45) is 0 Å². The highest BCUT2D eigenvalue weighted by Crippen LogP contribution is 2.35. The number of rotatable bonds is 9. The zero-order chi connectivity index (χ0) is 31.9. The molecule has 2 aromatic heterocycles. The Kier molecular flexibility index (Phi) is 10.1. The van der Waals surface area contributed by atoms with Crippen LogP contribution in [0.25, 0.3) is 0 Å². The summed E-state index contributed by atoms with van der Waals surface area (Å²) < 4.78 is 14.8. The maximum Gasteiger partial charge on any atom is 0.220 e. The van der Waals surface area contributed by atoms with Gasteiger partial charge in [-0.3, -0.25) is 9.58 Å². The third kappa shape index (κ3) is 7.50. The maximum absolute atomic E-state index is 6.94. The average molecular weight is 619 g/mol. The van der Waals surface area contributed by atoms with Crippen LogP contribution < -0.4 is 9.64 Å². The summed E-state index contributed by atoms with van der Waals surface area (Å²) in [5.74, 6) is 2.91. The van der Waals surface area contributed by atoms with Crippen LogP contribution in [0.2, 0.25) is 0 Å². The Balaban J connectivity index is 1.44. The van der Waals surface area contributed by atoms with Gasteiger partial charge in [0.05, 0.1) is 25.9 Å². The van der Waals surface area contributed by atoms with E-state index in [-0.39, 0.29) is 6.04 Å². The molecule has 3 heterocycles. The summed E-state index contributed by atoms with van der Waals surface area (Å²) in [6.07, 6.45) is 5.65. The van der Waals surface area contributed by atoms with Crippen molar-refractivity contribution in [2.45, 2.75) is 84.6 Å². The van der Waals surface area contributed by atoms with Crippen molar-refractivity contribution in [1.29, 1.82) is 0 Å². The minimum atomic E-state index is 0.00261. The van der Waals surface area contributed by atoms with E-state index in [9.17, 15) is 0 Å². The number of hydrogen-bond donors (Lipinski definition) is 0. The molecule has 4 bridgehead atoms. The molecule has 0 saturated heterocycles. The highest BCUT2D eigenvalue weighted by atomic mass is 16.5. The number of nitrogens with zero attached hydrogens (tertiary/aromatic N) is 6. The summed E-state index contributed by atoms with van der Waals surface area (Å²) in [4.78, 5) is 10.1. The Bertz CT molecular complexity index is 1680. The molecular formula is C38H46N6O2. The van der Waals surface area contributed by atoms with E-state index >= 15 is 0 Å². The minimum Gasteiger partial charge on any atom is -0.496 e. The van der Waals surface area contributed by atoms with Crippen molar-refractivity contribution >= 4 is 5.88 Å². The van der Waals surface area contributed by atoms with Crippen molar-refractivity contribution < 1.29 is 9.15 Å². The number of hydrogen-bond acceptors (Lipinski definition) is 7. The molecule has 46 heavy (non-hydrogen) atoms. The second kappa shape index (κ2) is 14.8. The molecule has 8 heteroatoms. The number of fused-ring (bicyclic) bond motifs is 4. The third-order valence-corrected chi connectivity index (χ3v) is 8.89. The number of methoxy groups -OCH3 is 1. The van der Waals surface area contributed by atoms with Gasteiger partial charge in [-0.15, -0.1) is 5.10 Å². The second-order valence-corrected chi connectivity index (χ2v) is 12.6. The quantitative estimate of drug-likeness (QED) is 0.166. The third-order valence-electron chi connectivity index (χ3n) is 8.89. The Morgan fingerprint density at radius 2 is 1.65 bits per heavy atom. The monoisotopic (exact) mass is 618 g/mol. The second-order valence-electron chi connectivity index (χ2n) is 12.6. The van der Waals surface area contributed by atoms with Crippen LogP contribution in [0.15, 0.2) is 89.5 Å². The first-order chi connectivity index (χ1) is 22.5. The first kappa shape index (κ1) is 31.5. The normalized spacial score (nSPS) is 16.0. The van der Waals surface area contributed by atoms with E-state index in [0.29, 0.717) is 25.4 Å². The molecule has 0 N–H and O–H groups in total. The van der Waals surface area contributed by atoms with Gasteiger partial charge in [0.25, 0.3) is 0 Å². The molecule has 1 aliphatic heterocycles. The van der Waals surface area contributed by atoms with Gasteiger partial charge in [-0.2, -0.15) is 0 Å². The van der Waals surface area contributed by atoms with E-state index in [4.69, 9.17) is 14.1 Å². The molecular weight excluding hydrogens is 572 g/mol. The van der Waals surface area contributed by atoms with Gasteiger partial charge < -0.3 is 14.1 Å². The zero-order valence-electron chi connectivity index (χ0n) is 27.6. The minimum absolute atomic E-state index is 0.00261. The topological polar surface area (TPSA) is 72.5 Å². The Labute approximate surface area is 273 Å². The summed E-state index contributed by atoms with van der Waals surface area (Å²) in [7, 11) is 1.76. The van der Waals surface area contributed by atoms with Crippen LogP contribution in [-0.2, 0) is 32.6 Å². The smallest absolute Gasteiger partial charge is 0.220 e. The maximum atomic E-state index is 6.94. The molecule has 1 aliphatic rings. The standard InChI is InChI=1S/C38H46N6O2/c1-5-35-37-39-34(22-29-14-8-6-9-15-29)38(46-37)43(24-30-16-10-7-11-17-30)26-33-27-44(41-40-33)21-13-12-20-42(35)25-32-23-31(28(2)3)18-19-36(32)45-4/h6-11,14-19,23,27-28,35H,5,12-13,20-22,24-26H2,1-4H3. The number of aryl methyl sites for hydroxylation is 1. The fourth-order valence-electron chi connectivity index (χ4n) is 6.40. The van der Waals surface area contributed by atoms with E-state index < -0.39 is 0 Å². The fourth-order valence-corrected chi connectivity index (χ4v) is 6.40. The van der Waals surface area contributed by atoms with Gasteiger partial charge in [-0.1, -0.05) is 98.8 Å². The number of benzene rings is 3. The molecule has 0 radical (unpaired) electrons. The van der Waals surface area contributed by atoms with Crippen molar-refractivity contribution in [3.8, 4) is 5.75 Å². The van der Waals surface area contributed by atoms with Crippen LogP contribution in [0.1, 0.15) is 91.5 Å². The van der Waals surface area contributed by atoms with Gasteiger partial charge in [-0.05, 0) is 54.5 Å². The van der Waals surface area contributed by atoms with Crippen LogP contribution in [0.4, 0.5) is 5.88 Å². The van der Waals surface area contributed by atoms with Crippen molar-refractivity contribution in [3.05, 3.63) is 125 Å². The molecule has 5 aromatic rings. The van der Waals surface area contributed by atoms with Gasteiger partial charge in [0.15, 0.2) is 0 Å². The van der Waals surface area contributed by atoms with Gasteiger partial charge >= 0.3 is 0 Å². The Morgan fingerprint density at radius 1 is 0.913 bits per heavy atom. The highest BCUT2D eigenvalue weighted by molar-refractivity contribution is 5.45. The molecule has 1 unspecified atom stereocenters.